The SMILES string of the molecule is C/C1=C(F)\C=C(\[C@@H](O)[C@H](N)CN2CCCC2)OCCO1. The molecule has 0 radical (unpaired) electrons. The van der Waals surface area contributed by atoms with Crippen LogP contribution in [0.5, 0.6) is 0 Å². The first-order valence-corrected chi connectivity index (χ1v) is 7.07. The number of nitrogens with two attached hydrogens (primary N) is 1. The molecule has 114 valence electrons. The number of hydrogen-bond acceptors (Lipinski definition) is 5. The quantitative estimate of drug-likeness (QED) is 0.804. The molecule has 2 aliphatic rings. The van der Waals surface area contributed by atoms with Gasteiger partial charge in [0.05, 0.1) is 6.04 Å². The third kappa shape index (κ3) is 3.94. The Labute approximate surface area is 118 Å². The average molecular weight is 286 g/mol. The maximum Gasteiger partial charge on any atom is 0.163 e. The van der Waals surface area contributed by atoms with Gasteiger partial charge >= 0.3 is 0 Å². The van der Waals surface area contributed by atoms with Gasteiger partial charge in [0.25, 0.3) is 0 Å². The summed E-state index contributed by atoms with van der Waals surface area (Å²) in [6.45, 7) is 4.66. The molecular weight excluding hydrogens is 263 g/mol. The Balaban J connectivity index is 2.01. The van der Waals surface area contributed by atoms with Gasteiger partial charge in [0.2, 0.25) is 0 Å². The molecule has 2 rings (SSSR count). The molecule has 5 nitrogen and oxygen atoms in total. The zero-order chi connectivity index (χ0) is 14.5. The highest BCUT2D eigenvalue weighted by Crippen LogP contribution is 2.19. The number of halogens is 1. The summed E-state index contributed by atoms with van der Waals surface area (Å²) < 4.78 is 24.2. The fourth-order valence-corrected chi connectivity index (χ4v) is 2.44. The molecule has 6 heteroatoms. The number of likely N-dealkylation sites (tertiary alicyclic amines) is 1. The minimum Gasteiger partial charge on any atom is -0.492 e. The Bertz CT molecular complexity index is 392. The van der Waals surface area contributed by atoms with Crippen molar-refractivity contribution in [2.75, 3.05) is 32.8 Å². The summed E-state index contributed by atoms with van der Waals surface area (Å²) in [6, 6.07) is -0.493. The normalized spacial score (nSPS) is 30.5. The van der Waals surface area contributed by atoms with Crippen LogP contribution in [-0.4, -0.2) is 55.0 Å². The van der Waals surface area contributed by atoms with Gasteiger partial charge in [0.1, 0.15) is 30.8 Å². The molecule has 0 amide bonds. The van der Waals surface area contributed by atoms with Gasteiger partial charge in [-0.05, 0) is 32.9 Å². The van der Waals surface area contributed by atoms with Crippen LogP contribution in [0.4, 0.5) is 4.39 Å². The van der Waals surface area contributed by atoms with Gasteiger partial charge in [0, 0.05) is 12.6 Å². The molecule has 0 aliphatic carbocycles. The topological polar surface area (TPSA) is 68.0 Å². The van der Waals surface area contributed by atoms with Gasteiger partial charge in [-0.3, -0.25) is 0 Å². The van der Waals surface area contributed by atoms with Crippen LogP contribution in [0.2, 0.25) is 0 Å². The lowest BCUT2D eigenvalue weighted by Gasteiger charge is -2.26. The number of nitrogens with zero attached hydrogens (tertiary/aromatic N) is 1. The number of aliphatic hydroxyl groups excluding tert-OH is 1. The molecule has 0 unspecified atom stereocenters. The molecule has 1 saturated heterocycles. The van der Waals surface area contributed by atoms with Gasteiger partial charge in [-0.25, -0.2) is 4.39 Å². The average Bonchev–Trinajstić information content (AvgIpc) is 2.91. The largest absolute Gasteiger partial charge is 0.492 e. The predicted octanol–water partition coefficient (Wildman–Crippen LogP) is 0.902. The van der Waals surface area contributed by atoms with Crippen molar-refractivity contribution in [3.8, 4) is 0 Å². The second kappa shape index (κ2) is 7.06. The monoisotopic (exact) mass is 286 g/mol. The van der Waals surface area contributed by atoms with Gasteiger partial charge in [-0.2, -0.15) is 0 Å². The highest BCUT2D eigenvalue weighted by molar-refractivity contribution is 5.21. The first-order valence-electron chi connectivity index (χ1n) is 7.07. The van der Waals surface area contributed by atoms with Crippen molar-refractivity contribution in [1.82, 2.24) is 4.90 Å². The molecule has 0 saturated carbocycles. The third-order valence-corrected chi connectivity index (χ3v) is 3.64. The van der Waals surface area contributed by atoms with Crippen molar-refractivity contribution in [3.63, 3.8) is 0 Å². The van der Waals surface area contributed by atoms with Gasteiger partial charge in [-0.1, -0.05) is 0 Å². The first kappa shape index (κ1) is 15.3. The molecule has 2 heterocycles. The molecule has 1 fully saturated rings. The zero-order valence-corrected chi connectivity index (χ0v) is 11.8. The summed E-state index contributed by atoms with van der Waals surface area (Å²) in [5, 5.41) is 10.2. The number of ether oxygens (including phenoxy) is 2. The second-order valence-corrected chi connectivity index (χ2v) is 5.26. The van der Waals surface area contributed by atoms with Crippen molar-refractivity contribution in [3.05, 3.63) is 23.4 Å². The molecule has 0 aromatic heterocycles. The molecular formula is C14H23FN2O3. The van der Waals surface area contributed by atoms with E-state index in [9.17, 15) is 9.50 Å². The van der Waals surface area contributed by atoms with E-state index in [2.05, 4.69) is 4.90 Å². The number of allylic oxidation sites excluding steroid dienone is 3. The Morgan fingerprint density at radius 2 is 2.00 bits per heavy atom. The lowest BCUT2D eigenvalue weighted by atomic mass is 10.1. The summed E-state index contributed by atoms with van der Waals surface area (Å²) in [5.41, 5.74) is 6.02. The Hall–Kier alpha value is -1.11. The molecule has 0 aromatic carbocycles. The smallest absolute Gasteiger partial charge is 0.163 e. The molecule has 0 spiro atoms. The van der Waals surface area contributed by atoms with Crippen LogP contribution in [0.3, 0.4) is 0 Å². The second-order valence-electron chi connectivity index (χ2n) is 5.26. The van der Waals surface area contributed by atoms with E-state index in [4.69, 9.17) is 15.2 Å². The van der Waals surface area contributed by atoms with Crippen molar-refractivity contribution in [2.45, 2.75) is 31.9 Å². The van der Waals surface area contributed by atoms with Crippen LogP contribution >= 0.6 is 0 Å². The molecule has 0 aromatic rings. The fourth-order valence-electron chi connectivity index (χ4n) is 2.44. The van der Waals surface area contributed by atoms with Crippen LogP contribution in [0.15, 0.2) is 23.4 Å². The molecule has 20 heavy (non-hydrogen) atoms. The summed E-state index contributed by atoms with van der Waals surface area (Å²) >= 11 is 0. The maximum atomic E-state index is 13.7. The molecule has 3 N–H and O–H groups in total. The van der Waals surface area contributed by atoms with Gasteiger partial charge in [0.15, 0.2) is 5.83 Å². The first-order chi connectivity index (χ1) is 9.58. The summed E-state index contributed by atoms with van der Waals surface area (Å²) in [6.07, 6.45) is 2.49. The summed E-state index contributed by atoms with van der Waals surface area (Å²) in [5.74, 6) is -0.157. The lowest BCUT2D eigenvalue weighted by molar-refractivity contribution is 0.0491. The Morgan fingerprint density at radius 1 is 1.35 bits per heavy atom. The van der Waals surface area contributed by atoms with Crippen LogP contribution in [0.25, 0.3) is 0 Å². The standard InChI is InChI=1S/C14H23FN2O3/c1-10-11(15)8-13(20-7-6-19-10)14(18)12(16)9-17-4-2-3-5-17/h8,12,14,18H,2-7,9,16H2,1H3/b11-10-,13-8-/t12-,14+/m1/s1. The Kier molecular flexibility index (Phi) is 5.39. The fraction of sp³-hybridized carbons (Fsp3) is 0.714. The maximum absolute atomic E-state index is 13.7. The number of hydrogen-bond donors (Lipinski definition) is 2. The van der Waals surface area contributed by atoms with E-state index in [1.165, 1.54) is 6.08 Å². The summed E-state index contributed by atoms with van der Waals surface area (Å²) in [7, 11) is 0. The number of rotatable bonds is 4. The zero-order valence-electron chi connectivity index (χ0n) is 11.8. The van der Waals surface area contributed by atoms with Crippen molar-refractivity contribution in [2.24, 2.45) is 5.73 Å². The van der Waals surface area contributed by atoms with E-state index in [1.807, 2.05) is 0 Å². The van der Waals surface area contributed by atoms with E-state index >= 15 is 0 Å². The summed E-state index contributed by atoms with van der Waals surface area (Å²) in [4.78, 5) is 2.21. The van der Waals surface area contributed by atoms with E-state index in [0.29, 0.717) is 6.54 Å². The highest BCUT2D eigenvalue weighted by atomic mass is 19.1. The predicted molar refractivity (Wildman–Crippen MR) is 73.5 cm³/mol. The lowest BCUT2D eigenvalue weighted by Crippen LogP contribution is -2.45. The third-order valence-electron chi connectivity index (χ3n) is 3.64. The molecule has 2 aliphatic heterocycles. The minimum absolute atomic E-state index is 0.178. The number of aliphatic hydroxyl groups is 1. The molecule has 0 bridgehead atoms. The molecule has 2 atom stereocenters. The van der Waals surface area contributed by atoms with Crippen LogP contribution < -0.4 is 5.73 Å². The van der Waals surface area contributed by atoms with E-state index < -0.39 is 18.0 Å². The van der Waals surface area contributed by atoms with Crippen molar-refractivity contribution < 1.29 is 19.0 Å². The van der Waals surface area contributed by atoms with Gasteiger partial charge in [-0.15, -0.1) is 0 Å². The van der Waals surface area contributed by atoms with Crippen LogP contribution in [-0.2, 0) is 9.47 Å². The van der Waals surface area contributed by atoms with Crippen molar-refractivity contribution in [1.29, 1.82) is 0 Å². The van der Waals surface area contributed by atoms with Crippen molar-refractivity contribution >= 4 is 0 Å². The van der Waals surface area contributed by atoms with E-state index in [1.54, 1.807) is 6.92 Å². The Morgan fingerprint density at radius 3 is 2.70 bits per heavy atom. The van der Waals surface area contributed by atoms with Crippen LogP contribution in [0, 0.1) is 0 Å². The van der Waals surface area contributed by atoms with E-state index in [-0.39, 0.29) is 24.7 Å². The highest BCUT2D eigenvalue weighted by Gasteiger charge is 2.25. The van der Waals surface area contributed by atoms with Gasteiger partial charge < -0.3 is 25.2 Å². The van der Waals surface area contributed by atoms with E-state index in [0.717, 1.165) is 25.9 Å². The van der Waals surface area contributed by atoms with Crippen LogP contribution in [0.1, 0.15) is 19.8 Å². The minimum atomic E-state index is -1.01.